The van der Waals surface area contributed by atoms with Crippen LogP contribution in [0.4, 0.5) is 0 Å². The fourth-order valence-electron chi connectivity index (χ4n) is 1.06. The van der Waals surface area contributed by atoms with Crippen molar-refractivity contribution in [3.8, 4) is 5.75 Å². The Balaban J connectivity index is 0. The van der Waals surface area contributed by atoms with Gasteiger partial charge in [-0.15, -0.1) is 0 Å². The maximum atomic E-state index is 5.34. The van der Waals surface area contributed by atoms with E-state index >= 15 is 0 Å². The average molecular weight is 268 g/mol. The van der Waals surface area contributed by atoms with E-state index in [2.05, 4.69) is 6.08 Å². The summed E-state index contributed by atoms with van der Waals surface area (Å²) >= 11 is 0. The van der Waals surface area contributed by atoms with Crippen LogP contribution in [0.1, 0.15) is 13.0 Å². The number of benzene rings is 1. The fourth-order valence-corrected chi connectivity index (χ4v) is 1.06. The molecule has 0 spiro atoms. The SMILES string of the molecule is C.C1=Cc2ccccc2OC1.[Cu].[Fe]. The summed E-state index contributed by atoms with van der Waals surface area (Å²) in [5.74, 6) is 0.991. The zero-order chi connectivity index (χ0) is 6.81. The van der Waals surface area contributed by atoms with Gasteiger partial charge in [-0.1, -0.05) is 31.7 Å². The quantitative estimate of drug-likeness (QED) is 0.657. The molecule has 77 valence electrons. The Labute approximate surface area is 101 Å². The summed E-state index contributed by atoms with van der Waals surface area (Å²) in [5, 5.41) is 0. The van der Waals surface area contributed by atoms with E-state index in [1.807, 2.05) is 30.3 Å². The predicted octanol–water partition coefficient (Wildman–Crippen LogP) is 2.72. The van der Waals surface area contributed by atoms with Crippen molar-refractivity contribution in [2.75, 3.05) is 6.61 Å². The van der Waals surface area contributed by atoms with Crippen molar-refractivity contribution in [2.45, 2.75) is 7.43 Å². The molecular formula is C10H12CuFeO. The van der Waals surface area contributed by atoms with E-state index in [9.17, 15) is 0 Å². The second-order valence-corrected chi connectivity index (χ2v) is 2.25. The molecule has 0 N–H and O–H groups in total. The van der Waals surface area contributed by atoms with Crippen molar-refractivity contribution in [1.82, 2.24) is 0 Å². The Morgan fingerprint density at radius 2 is 1.85 bits per heavy atom. The van der Waals surface area contributed by atoms with Crippen LogP contribution in [0.3, 0.4) is 0 Å². The number of para-hydroxylation sites is 1. The second kappa shape index (κ2) is 7.23. The largest absolute Gasteiger partial charge is 0.489 e. The van der Waals surface area contributed by atoms with Gasteiger partial charge in [-0.05, 0) is 12.1 Å². The van der Waals surface area contributed by atoms with Crippen LogP contribution in [0.5, 0.6) is 5.75 Å². The van der Waals surface area contributed by atoms with E-state index in [0.29, 0.717) is 6.61 Å². The molecule has 0 saturated carbocycles. The van der Waals surface area contributed by atoms with E-state index < -0.39 is 0 Å². The number of hydrogen-bond donors (Lipinski definition) is 0. The molecule has 2 rings (SSSR count). The summed E-state index contributed by atoms with van der Waals surface area (Å²) in [6.45, 7) is 0.705. The molecule has 0 aromatic heterocycles. The molecule has 0 amide bonds. The van der Waals surface area contributed by atoms with Crippen LogP contribution in [0.15, 0.2) is 30.3 Å². The molecule has 1 nitrogen and oxygen atoms in total. The predicted molar refractivity (Wildman–Crippen MR) is 47.7 cm³/mol. The number of hydrogen-bond acceptors (Lipinski definition) is 1. The topological polar surface area (TPSA) is 9.23 Å². The van der Waals surface area contributed by atoms with Gasteiger partial charge in [-0.2, -0.15) is 0 Å². The molecule has 1 aliphatic heterocycles. The molecule has 0 aliphatic carbocycles. The van der Waals surface area contributed by atoms with E-state index in [0.717, 1.165) is 5.75 Å². The minimum Gasteiger partial charge on any atom is -0.489 e. The van der Waals surface area contributed by atoms with Gasteiger partial charge in [0, 0.05) is 39.7 Å². The second-order valence-electron chi connectivity index (χ2n) is 2.25. The Kier molecular flexibility index (Phi) is 8.49. The smallest absolute Gasteiger partial charge is 0.126 e. The Morgan fingerprint density at radius 3 is 2.54 bits per heavy atom. The first-order chi connectivity index (χ1) is 4.97. The zero-order valence-corrected chi connectivity index (χ0v) is 8.28. The molecule has 0 saturated heterocycles. The Morgan fingerprint density at radius 1 is 1.15 bits per heavy atom. The monoisotopic (exact) mass is 267 g/mol. The molecule has 0 fully saturated rings. The Hall–Kier alpha value is -0.201. The standard InChI is InChI=1S/C9H8O.CH4.Cu.Fe/c1-2-6-9-8(4-1)5-3-7-10-9;;;/h1-6H,7H2;1H4;;. The van der Waals surface area contributed by atoms with Gasteiger partial charge in [-0.25, -0.2) is 0 Å². The molecule has 1 aromatic carbocycles. The third-order valence-corrected chi connectivity index (χ3v) is 1.55. The van der Waals surface area contributed by atoms with Crippen LogP contribution in [0.2, 0.25) is 0 Å². The molecule has 1 radical (unpaired) electrons. The molecule has 13 heavy (non-hydrogen) atoms. The number of rotatable bonds is 0. The zero-order valence-electron chi connectivity index (χ0n) is 6.23. The van der Waals surface area contributed by atoms with Crippen molar-refractivity contribution in [3.63, 3.8) is 0 Å². The van der Waals surface area contributed by atoms with Gasteiger partial charge in [0.1, 0.15) is 12.4 Å². The summed E-state index contributed by atoms with van der Waals surface area (Å²) in [6.07, 6.45) is 4.10. The molecule has 1 heterocycles. The molecule has 0 bridgehead atoms. The van der Waals surface area contributed by atoms with E-state index in [1.54, 1.807) is 0 Å². The Bertz CT molecular complexity index is 273. The summed E-state index contributed by atoms with van der Waals surface area (Å²) in [7, 11) is 0. The maximum Gasteiger partial charge on any atom is 0.126 e. The first kappa shape index (κ1) is 15.3. The first-order valence-electron chi connectivity index (χ1n) is 3.35. The minimum atomic E-state index is 0. The summed E-state index contributed by atoms with van der Waals surface area (Å²) in [6, 6.07) is 8.03. The normalized spacial score (nSPS) is 10.8. The van der Waals surface area contributed by atoms with Crippen molar-refractivity contribution in [3.05, 3.63) is 35.9 Å². The van der Waals surface area contributed by atoms with Gasteiger partial charge >= 0.3 is 0 Å². The van der Waals surface area contributed by atoms with E-state index in [1.165, 1.54) is 5.56 Å². The number of ether oxygens (including phenoxy) is 1. The first-order valence-corrected chi connectivity index (χ1v) is 3.35. The van der Waals surface area contributed by atoms with Gasteiger partial charge in [-0.3, -0.25) is 0 Å². The number of fused-ring (bicyclic) bond motifs is 1. The fraction of sp³-hybridized carbons (Fsp3) is 0.200. The maximum absolute atomic E-state index is 5.34. The molecule has 1 aliphatic rings. The van der Waals surface area contributed by atoms with Crippen molar-refractivity contribution in [1.29, 1.82) is 0 Å². The summed E-state index contributed by atoms with van der Waals surface area (Å²) in [5.41, 5.74) is 1.17. The van der Waals surface area contributed by atoms with E-state index in [-0.39, 0.29) is 41.6 Å². The minimum absolute atomic E-state index is 0. The molecule has 0 unspecified atom stereocenters. The molecule has 3 heteroatoms. The summed E-state index contributed by atoms with van der Waals surface area (Å²) < 4.78 is 5.34. The van der Waals surface area contributed by atoms with Gasteiger partial charge in [0.2, 0.25) is 0 Å². The van der Waals surface area contributed by atoms with Gasteiger partial charge < -0.3 is 4.74 Å². The molecule has 1 aromatic rings. The van der Waals surface area contributed by atoms with Crippen LogP contribution in [0.25, 0.3) is 6.08 Å². The molecular weight excluding hydrogens is 255 g/mol. The third kappa shape index (κ3) is 3.58. The van der Waals surface area contributed by atoms with E-state index in [4.69, 9.17) is 4.74 Å². The summed E-state index contributed by atoms with van der Waals surface area (Å²) in [4.78, 5) is 0. The van der Waals surface area contributed by atoms with Gasteiger partial charge in [0.25, 0.3) is 0 Å². The van der Waals surface area contributed by atoms with Crippen LogP contribution in [-0.2, 0) is 34.1 Å². The van der Waals surface area contributed by atoms with Crippen molar-refractivity contribution < 1.29 is 38.9 Å². The van der Waals surface area contributed by atoms with Gasteiger partial charge in [0.15, 0.2) is 0 Å². The van der Waals surface area contributed by atoms with Crippen molar-refractivity contribution >= 4 is 6.08 Å². The third-order valence-electron chi connectivity index (χ3n) is 1.55. The van der Waals surface area contributed by atoms with Gasteiger partial charge in [0.05, 0.1) is 0 Å². The van der Waals surface area contributed by atoms with Crippen LogP contribution in [0, 0.1) is 0 Å². The average Bonchev–Trinajstić information content (AvgIpc) is 2.05. The van der Waals surface area contributed by atoms with Crippen LogP contribution in [-0.4, -0.2) is 6.61 Å². The van der Waals surface area contributed by atoms with Crippen molar-refractivity contribution in [2.24, 2.45) is 0 Å². The van der Waals surface area contributed by atoms with Crippen LogP contribution >= 0.6 is 0 Å². The molecule has 0 atom stereocenters. The van der Waals surface area contributed by atoms with Crippen LogP contribution < -0.4 is 4.74 Å².